The van der Waals surface area contributed by atoms with E-state index in [1.165, 1.54) is 22.3 Å². The first-order valence-electron chi connectivity index (χ1n) is 7.35. The molecule has 0 aliphatic heterocycles. The van der Waals surface area contributed by atoms with Gasteiger partial charge in [-0.3, -0.25) is 4.98 Å². The summed E-state index contributed by atoms with van der Waals surface area (Å²) in [5, 5.41) is 3.66. The van der Waals surface area contributed by atoms with Crippen LogP contribution in [0, 0.1) is 20.8 Å². The lowest BCUT2D eigenvalue weighted by Crippen LogP contribution is -2.25. The summed E-state index contributed by atoms with van der Waals surface area (Å²) in [5.74, 6) is 0. The van der Waals surface area contributed by atoms with Gasteiger partial charge in [0.25, 0.3) is 0 Å². The first kappa shape index (κ1) is 14.7. The molecule has 1 unspecified atom stereocenters. The zero-order valence-corrected chi connectivity index (χ0v) is 12.9. The fraction of sp³-hybridized carbons (Fsp3) is 0.389. The molecule has 2 aromatic rings. The van der Waals surface area contributed by atoms with E-state index in [0.717, 1.165) is 18.7 Å². The number of nitrogens with zero attached hydrogens (tertiary/aromatic N) is 1. The Kier molecular flexibility index (Phi) is 4.91. The highest BCUT2D eigenvalue weighted by Gasteiger charge is 2.17. The van der Waals surface area contributed by atoms with Gasteiger partial charge in [0.2, 0.25) is 0 Å². The Morgan fingerprint density at radius 3 is 2.30 bits per heavy atom. The van der Waals surface area contributed by atoms with E-state index in [2.05, 4.69) is 61.4 Å². The van der Waals surface area contributed by atoms with E-state index in [9.17, 15) is 0 Å². The third kappa shape index (κ3) is 3.26. The normalized spacial score (nSPS) is 12.4. The molecule has 0 aliphatic carbocycles. The van der Waals surface area contributed by atoms with Crippen LogP contribution in [0.25, 0.3) is 0 Å². The van der Waals surface area contributed by atoms with Gasteiger partial charge in [0.15, 0.2) is 0 Å². The molecule has 0 spiro atoms. The van der Waals surface area contributed by atoms with Gasteiger partial charge in [0, 0.05) is 11.9 Å². The molecule has 0 amide bonds. The highest BCUT2D eigenvalue weighted by molar-refractivity contribution is 5.41. The summed E-state index contributed by atoms with van der Waals surface area (Å²) < 4.78 is 0. The maximum atomic E-state index is 4.45. The molecule has 1 aromatic heterocycles. The standard InChI is InChI=1S/C18H24N2/c1-5-11-19-18(16-10-9-15(4)20-12-16)17-13(2)7-6-8-14(17)3/h6-10,12,18-19H,5,11H2,1-4H3. The van der Waals surface area contributed by atoms with Gasteiger partial charge in [-0.25, -0.2) is 0 Å². The van der Waals surface area contributed by atoms with Gasteiger partial charge in [-0.2, -0.15) is 0 Å². The van der Waals surface area contributed by atoms with Crippen LogP contribution in [0.4, 0.5) is 0 Å². The number of hydrogen-bond donors (Lipinski definition) is 1. The van der Waals surface area contributed by atoms with E-state index < -0.39 is 0 Å². The molecule has 1 aromatic carbocycles. The predicted octanol–water partition coefficient (Wildman–Crippen LogP) is 4.10. The number of benzene rings is 1. The summed E-state index contributed by atoms with van der Waals surface area (Å²) in [5.41, 5.74) is 6.34. The van der Waals surface area contributed by atoms with E-state index in [4.69, 9.17) is 0 Å². The highest BCUT2D eigenvalue weighted by atomic mass is 14.9. The fourth-order valence-corrected chi connectivity index (χ4v) is 2.61. The summed E-state index contributed by atoms with van der Waals surface area (Å²) in [6.45, 7) is 9.60. The number of aryl methyl sites for hydroxylation is 3. The molecular formula is C18H24N2. The molecule has 0 saturated carbocycles. The van der Waals surface area contributed by atoms with Crippen molar-refractivity contribution >= 4 is 0 Å². The SMILES string of the molecule is CCCNC(c1ccc(C)nc1)c1c(C)cccc1C. The molecule has 106 valence electrons. The van der Waals surface area contributed by atoms with Crippen molar-refractivity contribution in [1.82, 2.24) is 10.3 Å². The van der Waals surface area contributed by atoms with E-state index in [1.807, 2.05) is 13.1 Å². The molecule has 20 heavy (non-hydrogen) atoms. The maximum absolute atomic E-state index is 4.45. The number of hydrogen-bond acceptors (Lipinski definition) is 2. The monoisotopic (exact) mass is 268 g/mol. The predicted molar refractivity (Wildman–Crippen MR) is 85.0 cm³/mol. The Balaban J connectivity index is 2.44. The first-order chi connectivity index (χ1) is 9.63. The summed E-state index contributed by atoms with van der Waals surface area (Å²) in [6, 6.07) is 11.0. The summed E-state index contributed by atoms with van der Waals surface area (Å²) in [4.78, 5) is 4.45. The van der Waals surface area contributed by atoms with Crippen LogP contribution < -0.4 is 5.32 Å². The first-order valence-corrected chi connectivity index (χ1v) is 7.35. The van der Waals surface area contributed by atoms with Crippen LogP contribution in [-0.2, 0) is 0 Å². The average Bonchev–Trinajstić information content (AvgIpc) is 2.43. The molecule has 0 bridgehead atoms. The topological polar surface area (TPSA) is 24.9 Å². The molecule has 0 radical (unpaired) electrons. The lowest BCUT2D eigenvalue weighted by molar-refractivity contribution is 0.592. The zero-order chi connectivity index (χ0) is 14.5. The van der Waals surface area contributed by atoms with Crippen molar-refractivity contribution < 1.29 is 0 Å². The zero-order valence-electron chi connectivity index (χ0n) is 12.9. The molecule has 1 atom stereocenters. The quantitative estimate of drug-likeness (QED) is 0.883. The third-order valence-electron chi connectivity index (χ3n) is 3.70. The summed E-state index contributed by atoms with van der Waals surface area (Å²) >= 11 is 0. The van der Waals surface area contributed by atoms with Crippen molar-refractivity contribution in [3.8, 4) is 0 Å². The minimum absolute atomic E-state index is 0.226. The Hall–Kier alpha value is -1.67. The second-order valence-corrected chi connectivity index (χ2v) is 5.43. The summed E-state index contributed by atoms with van der Waals surface area (Å²) in [6.07, 6.45) is 3.12. The second-order valence-electron chi connectivity index (χ2n) is 5.43. The largest absolute Gasteiger partial charge is 0.306 e. The lowest BCUT2D eigenvalue weighted by Gasteiger charge is -2.23. The molecule has 0 saturated heterocycles. The van der Waals surface area contributed by atoms with E-state index in [1.54, 1.807) is 0 Å². The highest BCUT2D eigenvalue weighted by Crippen LogP contribution is 2.27. The molecule has 0 aliphatic rings. The summed E-state index contributed by atoms with van der Waals surface area (Å²) in [7, 11) is 0. The van der Waals surface area contributed by atoms with Gasteiger partial charge in [0.05, 0.1) is 6.04 Å². The minimum Gasteiger partial charge on any atom is -0.306 e. The van der Waals surface area contributed by atoms with E-state index >= 15 is 0 Å². The van der Waals surface area contributed by atoms with Crippen molar-refractivity contribution in [2.75, 3.05) is 6.54 Å². The van der Waals surface area contributed by atoms with E-state index in [0.29, 0.717) is 0 Å². The molecule has 1 N–H and O–H groups in total. The number of nitrogens with one attached hydrogen (secondary N) is 1. The van der Waals surface area contributed by atoms with Gasteiger partial charge in [-0.1, -0.05) is 31.2 Å². The third-order valence-corrected chi connectivity index (χ3v) is 3.70. The van der Waals surface area contributed by atoms with Crippen molar-refractivity contribution in [3.05, 3.63) is 64.5 Å². The molecule has 2 heteroatoms. The maximum Gasteiger partial charge on any atom is 0.0597 e. The van der Waals surface area contributed by atoms with Crippen LogP contribution in [0.15, 0.2) is 36.5 Å². The Morgan fingerprint density at radius 2 is 1.75 bits per heavy atom. The van der Waals surface area contributed by atoms with Gasteiger partial charge >= 0.3 is 0 Å². The second kappa shape index (κ2) is 6.67. The lowest BCUT2D eigenvalue weighted by atomic mass is 9.92. The van der Waals surface area contributed by atoms with Crippen LogP contribution in [0.5, 0.6) is 0 Å². The van der Waals surface area contributed by atoms with Gasteiger partial charge < -0.3 is 5.32 Å². The van der Waals surface area contributed by atoms with Crippen molar-refractivity contribution in [2.24, 2.45) is 0 Å². The Morgan fingerprint density at radius 1 is 1.05 bits per heavy atom. The molecule has 1 heterocycles. The Bertz CT molecular complexity index is 538. The van der Waals surface area contributed by atoms with Crippen LogP contribution >= 0.6 is 0 Å². The van der Waals surface area contributed by atoms with Gasteiger partial charge in [0.1, 0.15) is 0 Å². The number of pyridine rings is 1. The molecule has 2 rings (SSSR count). The van der Waals surface area contributed by atoms with E-state index in [-0.39, 0.29) is 6.04 Å². The molecular weight excluding hydrogens is 244 g/mol. The van der Waals surface area contributed by atoms with Crippen LogP contribution in [-0.4, -0.2) is 11.5 Å². The smallest absolute Gasteiger partial charge is 0.0597 e. The van der Waals surface area contributed by atoms with Gasteiger partial charge in [-0.15, -0.1) is 0 Å². The van der Waals surface area contributed by atoms with Crippen molar-refractivity contribution in [1.29, 1.82) is 0 Å². The van der Waals surface area contributed by atoms with Crippen LogP contribution in [0.3, 0.4) is 0 Å². The molecule has 2 nitrogen and oxygen atoms in total. The Labute approximate surface area is 122 Å². The molecule has 0 fully saturated rings. The number of rotatable bonds is 5. The van der Waals surface area contributed by atoms with Crippen molar-refractivity contribution in [2.45, 2.75) is 40.2 Å². The average molecular weight is 268 g/mol. The minimum atomic E-state index is 0.226. The van der Waals surface area contributed by atoms with Crippen LogP contribution in [0.1, 0.15) is 47.3 Å². The van der Waals surface area contributed by atoms with Gasteiger partial charge in [-0.05, 0) is 62.1 Å². The van der Waals surface area contributed by atoms with Crippen LogP contribution in [0.2, 0.25) is 0 Å². The van der Waals surface area contributed by atoms with Crippen molar-refractivity contribution in [3.63, 3.8) is 0 Å². The fourth-order valence-electron chi connectivity index (χ4n) is 2.61. The number of aromatic nitrogens is 1.